The van der Waals surface area contributed by atoms with Crippen molar-refractivity contribution >= 4 is 39.0 Å². The highest BCUT2D eigenvalue weighted by Crippen LogP contribution is 2.13. The summed E-state index contributed by atoms with van der Waals surface area (Å²) in [5, 5.41) is 2.09. The van der Waals surface area contributed by atoms with Crippen molar-refractivity contribution in [2.45, 2.75) is 23.8 Å². The number of sulfonamides is 1. The molecule has 1 unspecified atom stereocenters. The molecule has 9 heteroatoms. The Kier molecular flexibility index (Phi) is 4.35. The number of carbonyl (C=O) groups is 2. The molecule has 1 heterocycles. The van der Waals surface area contributed by atoms with E-state index in [2.05, 4.69) is 10.0 Å². The van der Waals surface area contributed by atoms with Gasteiger partial charge in [0.2, 0.25) is 21.8 Å². The van der Waals surface area contributed by atoms with Gasteiger partial charge >= 0.3 is 0 Å². The molecule has 4 N–H and O–H groups in total. The van der Waals surface area contributed by atoms with Gasteiger partial charge in [0.25, 0.3) is 0 Å². The molecule has 7 nitrogen and oxygen atoms in total. The van der Waals surface area contributed by atoms with Crippen LogP contribution in [0.25, 0.3) is 0 Å². The third-order valence-electron chi connectivity index (χ3n) is 2.99. The molecule has 0 aromatic heterocycles. The van der Waals surface area contributed by atoms with Crippen molar-refractivity contribution in [2.75, 3.05) is 0 Å². The van der Waals surface area contributed by atoms with Crippen LogP contribution in [0, 0.1) is 0 Å². The number of piperidine rings is 1. The average molecular weight is 327 g/mol. The molecule has 1 fully saturated rings. The maximum atomic E-state index is 12.2. The Hall–Kier alpha value is -1.84. The number of thiocarbonyl (C=S) groups is 1. The topological polar surface area (TPSA) is 118 Å². The monoisotopic (exact) mass is 327 g/mol. The second-order valence-electron chi connectivity index (χ2n) is 4.51. The van der Waals surface area contributed by atoms with Crippen LogP contribution >= 0.6 is 12.2 Å². The molecule has 2 rings (SSSR count). The third kappa shape index (κ3) is 3.63. The number of imide groups is 1. The van der Waals surface area contributed by atoms with E-state index in [4.69, 9.17) is 18.0 Å². The lowest BCUT2D eigenvalue weighted by Gasteiger charge is -2.21. The van der Waals surface area contributed by atoms with Crippen molar-refractivity contribution in [3.8, 4) is 0 Å². The summed E-state index contributed by atoms with van der Waals surface area (Å²) in [5.74, 6) is -1.05. The third-order valence-corrected chi connectivity index (χ3v) is 4.71. The van der Waals surface area contributed by atoms with E-state index in [0.29, 0.717) is 5.56 Å². The predicted octanol–water partition coefficient (Wildman–Crippen LogP) is -0.596. The first-order chi connectivity index (χ1) is 9.79. The zero-order chi connectivity index (χ0) is 15.6. The van der Waals surface area contributed by atoms with Gasteiger partial charge in [0.1, 0.15) is 11.0 Å². The second kappa shape index (κ2) is 5.88. The molecule has 1 aromatic carbocycles. The predicted molar refractivity (Wildman–Crippen MR) is 78.8 cm³/mol. The molecule has 0 aliphatic carbocycles. The zero-order valence-corrected chi connectivity index (χ0v) is 12.5. The van der Waals surface area contributed by atoms with Crippen LogP contribution in [0.2, 0.25) is 0 Å². The van der Waals surface area contributed by atoms with Gasteiger partial charge in [0, 0.05) is 12.0 Å². The van der Waals surface area contributed by atoms with Crippen molar-refractivity contribution in [2.24, 2.45) is 5.73 Å². The van der Waals surface area contributed by atoms with Gasteiger partial charge in [-0.25, -0.2) is 8.42 Å². The van der Waals surface area contributed by atoms with Gasteiger partial charge in [-0.3, -0.25) is 14.9 Å². The number of hydrogen-bond acceptors (Lipinski definition) is 5. The molecule has 1 aliphatic rings. The highest BCUT2D eigenvalue weighted by Gasteiger charge is 2.30. The van der Waals surface area contributed by atoms with Crippen LogP contribution in [-0.4, -0.2) is 31.3 Å². The van der Waals surface area contributed by atoms with Crippen molar-refractivity contribution in [3.63, 3.8) is 0 Å². The number of carbonyl (C=O) groups excluding carboxylic acids is 2. The Morgan fingerprint density at radius 2 is 1.90 bits per heavy atom. The molecule has 0 bridgehead atoms. The molecule has 112 valence electrons. The van der Waals surface area contributed by atoms with E-state index < -0.39 is 27.9 Å². The summed E-state index contributed by atoms with van der Waals surface area (Å²) in [4.78, 5) is 22.7. The SMILES string of the molecule is NC(=S)c1ccc(S(=O)(=O)NC2CCC(=O)NC2=O)cc1. The molecule has 0 radical (unpaired) electrons. The number of benzene rings is 1. The van der Waals surface area contributed by atoms with E-state index in [1.165, 1.54) is 24.3 Å². The lowest BCUT2D eigenvalue weighted by Crippen LogP contribution is -2.52. The maximum absolute atomic E-state index is 12.2. The smallest absolute Gasteiger partial charge is 0.244 e. The minimum Gasteiger partial charge on any atom is -0.389 e. The molecule has 2 amide bonds. The molecule has 0 spiro atoms. The van der Waals surface area contributed by atoms with Gasteiger partial charge in [0.15, 0.2) is 0 Å². The van der Waals surface area contributed by atoms with E-state index in [1.807, 2.05) is 0 Å². The van der Waals surface area contributed by atoms with E-state index >= 15 is 0 Å². The Labute approximate surface area is 126 Å². The molecule has 1 aliphatic heterocycles. The standard InChI is InChI=1S/C12H13N3O4S2/c13-11(20)7-1-3-8(4-2-7)21(18,19)15-9-5-6-10(16)14-12(9)17/h1-4,9,15H,5-6H2,(H2,13,20)(H,14,16,17). The van der Waals surface area contributed by atoms with E-state index in [1.54, 1.807) is 0 Å². The van der Waals surface area contributed by atoms with Crippen LogP contribution in [0.1, 0.15) is 18.4 Å². The first kappa shape index (κ1) is 15.5. The Morgan fingerprint density at radius 1 is 1.29 bits per heavy atom. The molecule has 1 atom stereocenters. The fraction of sp³-hybridized carbons (Fsp3) is 0.250. The Balaban J connectivity index is 2.16. The number of rotatable bonds is 4. The van der Waals surface area contributed by atoms with Gasteiger partial charge in [-0.2, -0.15) is 4.72 Å². The average Bonchev–Trinajstić information content (AvgIpc) is 2.42. The van der Waals surface area contributed by atoms with Crippen LogP contribution in [0.5, 0.6) is 0 Å². The van der Waals surface area contributed by atoms with Gasteiger partial charge in [-0.1, -0.05) is 24.4 Å². The van der Waals surface area contributed by atoms with Crippen molar-refractivity contribution in [3.05, 3.63) is 29.8 Å². The molecule has 1 aromatic rings. The van der Waals surface area contributed by atoms with Crippen molar-refractivity contribution in [1.29, 1.82) is 0 Å². The summed E-state index contributed by atoms with van der Waals surface area (Å²) in [6.07, 6.45) is 0.230. The highest BCUT2D eigenvalue weighted by atomic mass is 32.2. The van der Waals surface area contributed by atoms with Crippen LogP contribution in [0.4, 0.5) is 0 Å². The lowest BCUT2D eigenvalue weighted by molar-refractivity contribution is -0.134. The van der Waals surface area contributed by atoms with E-state index in [9.17, 15) is 18.0 Å². The maximum Gasteiger partial charge on any atom is 0.244 e. The van der Waals surface area contributed by atoms with E-state index in [0.717, 1.165) is 0 Å². The summed E-state index contributed by atoms with van der Waals surface area (Å²) < 4.78 is 26.6. The van der Waals surface area contributed by atoms with Crippen LogP contribution in [-0.2, 0) is 19.6 Å². The molecule has 21 heavy (non-hydrogen) atoms. The van der Waals surface area contributed by atoms with Gasteiger partial charge in [-0.15, -0.1) is 0 Å². The van der Waals surface area contributed by atoms with Crippen LogP contribution in [0.3, 0.4) is 0 Å². The van der Waals surface area contributed by atoms with E-state index in [-0.39, 0.29) is 22.7 Å². The first-order valence-corrected chi connectivity index (χ1v) is 7.94. The fourth-order valence-corrected chi connectivity index (χ4v) is 3.23. The summed E-state index contributed by atoms with van der Waals surface area (Å²) in [7, 11) is -3.86. The molecular formula is C12H13N3O4S2. The van der Waals surface area contributed by atoms with Crippen LogP contribution in [0.15, 0.2) is 29.2 Å². The summed E-state index contributed by atoms with van der Waals surface area (Å²) in [6.45, 7) is 0. The lowest BCUT2D eigenvalue weighted by atomic mass is 10.1. The number of nitrogens with two attached hydrogens (primary N) is 1. The van der Waals surface area contributed by atoms with Crippen molar-refractivity contribution in [1.82, 2.24) is 10.0 Å². The highest BCUT2D eigenvalue weighted by molar-refractivity contribution is 7.89. The van der Waals surface area contributed by atoms with Gasteiger partial charge in [-0.05, 0) is 18.6 Å². The number of nitrogens with one attached hydrogen (secondary N) is 2. The summed E-state index contributed by atoms with van der Waals surface area (Å²) in [6, 6.07) is 4.72. The number of amides is 2. The largest absolute Gasteiger partial charge is 0.389 e. The minimum absolute atomic E-state index is 0.00722. The summed E-state index contributed by atoms with van der Waals surface area (Å²) >= 11 is 4.78. The quantitative estimate of drug-likeness (QED) is 0.502. The summed E-state index contributed by atoms with van der Waals surface area (Å²) in [5.41, 5.74) is 5.98. The normalized spacial score (nSPS) is 19.1. The van der Waals surface area contributed by atoms with Gasteiger partial charge < -0.3 is 5.73 Å². The molecular weight excluding hydrogens is 314 g/mol. The van der Waals surface area contributed by atoms with Gasteiger partial charge in [0.05, 0.1) is 4.90 Å². The Bertz CT molecular complexity index is 698. The second-order valence-corrected chi connectivity index (χ2v) is 6.67. The van der Waals surface area contributed by atoms with Crippen LogP contribution < -0.4 is 15.8 Å². The molecule has 1 saturated heterocycles. The fourth-order valence-electron chi connectivity index (χ4n) is 1.86. The number of hydrogen-bond donors (Lipinski definition) is 3. The minimum atomic E-state index is -3.86. The first-order valence-electron chi connectivity index (χ1n) is 6.05. The van der Waals surface area contributed by atoms with Crippen molar-refractivity contribution < 1.29 is 18.0 Å². The molecule has 0 saturated carbocycles. The Morgan fingerprint density at radius 3 is 2.43 bits per heavy atom. The zero-order valence-electron chi connectivity index (χ0n) is 10.8.